The average Bonchev–Trinajstić information content (AvgIpc) is 2.78. The summed E-state index contributed by atoms with van der Waals surface area (Å²) in [7, 11) is 0. The van der Waals surface area contributed by atoms with E-state index in [-0.39, 0.29) is 0 Å². The van der Waals surface area contributed by atoms with Crippen LogP contribution >= 0.6 is 11.8 Å². The highest BCUT2D eigenvalue weighted by Crippen LogP contribution is 2.24. The summed E-state index contributed by atoms with van der Waals surface area (Å²) in [5, 5.41) is 7.77. The molecule has 2 aromatic rings. The largest absolute Gasteiger partial charge is 0.494 e. The van der Waals surface area contributed by atoms with Crippen molar-refractivity contribution in [2.75, 3.05) is 6.61 Å². The van der Waals surface area contributed by atoms with Crippen LogP contribution in [0.5, 0.6) is 5.75 Å². The van der Waals surface area contributed by atoms with Crippen LogP contribution < -0.4 is 4.74 Å². The first kappa shape index (κ1) is 13.0. The fourth-order valence-corrected chi connectivity index (χ4v) is 2.42. The lowest BCUT2D eigenvalue weighted by Gasteiger charge is -2.08. The first-order chi connectivity index (χ1) is 8.79. The average molecular weight is 264 g/mol. The molecule has 0 saturated heterocycles. The molecule has 0 bridgehead atoms. The second kappa shape index (κ2) is 6.44. The minimum atomic E-state index is 0.611. The van der Waals surface area contributed by atoms with E-state index in [0.717, 1.165) is 17.3 Å². The van der Waals surface area contributed by atoms with Crippen molar-refractivity contribution < 1.29 is 9.15 Å². The fourth-order valence-electron chi connectivity index (χ4n) is 1.56. The van der Waals surface area contributed by atoms with E-state index in [2.05, 4.69) is 16.3 Å². The Morgan fingerprint density at radius 1 is 1.22 bits per heavy atom. The number of thioether (sulfide) groups is 1. The van der Waals surface area contributed by atoms with Crippen molar-refractivity contribution in [3.63, 3.8) is 0 Å². The number of hydrogen-bond donors (Lipinski definition) is 0. The Labute approximate surface area is 111 Å². The Kier molecular flexibility index (Phi) is 4.64. The van der Waals surface area contributed by atoms with Crippen LogP contribution in [0.1, 0.15) is 24.3 Å². The van der Waals surface area contributed by atoms with E-state index in [1.54, 1.807) is 18.7 Å². The number of hydrogen-bond acceptors (Lipinski definition) is 5. The molecule has 5 heteroatoms. The summed E-state index contributed by atoms with van der Waals surface area (Å²) in [6.45, 7) is 4.47. The molecule has 0 N–H and O–H groups in total. The Hall–Kier alpha value is -1.49. The summed E-state index contributed by atoms with van der Waals surface area (Å²) in [6.07, 6.45) is 0. The molecule has 0 saturated carbocycles. The topological polar surface area (TPSA) is 48.2 Å². The van der Waals surface area contributed by atoms with Crippen LogP contribution in [-0.2, 0) is 11.5 Å². The highest BCUT2D eigenvalue weighted by Gasteiger charge is 2.05. The first-order valence-electron chi connectivity index (χ1n) is 5.87. The van der Waals surface area contributed by atoms with Gasteiger partial charge in [0.05, 0.1) is 12.4 Å². The van der Waals surface area contributed by atoms with Crippen LogP contribution in [-0.4, -0.2) is 16.8 Å². The summed E-state index contributed by atoms with van der Waals surface area (Å²) in [4.78, 5) is 0. The number of para-hydroxylation sites is 1. The van der Waals surface area contributed by atoms with Gasteiger partial charge >= 0.3 is 0 Å². The number of aromatic nitrogens is 2. The van der Waals surface area contributed by atoms with Crippen LogP contribution in [0.15, 0.2) is 28.7 Å². The third-order valence-corrected chi connectivity index (χ3v) is 3.29. The predicted molar refractivity (Wildman–Crippen MR) is 71.6 cm³/mol. The van der Waals surface area contributed by atoms with E-state index in [0.29, 0.717) is 18.4 Å². The quantitative estimate of drug-likeness (QED) is 0.801. The van der Waals surface area contributed by atoms with Crippen molar-refractivity contribution in [1.29, 1.82) is 0 Å². The SMILES string of the molecule is CCOc1ccccc1CSCc1nnc(C)o1. The molecule has 1 aromatic carbocycles. The van der Waals surface area contributed by atoms with E-state index < -0.39 is 0 Å². The summed E-state index contributed by atoms with van der Waals surface area (Å²) in [6, 6.07) is 8.09. The van der Waals surface area contributed by atoms with Gasteiger partial charge in [0.2, 0.25) is 11.8 Å². The van der Waals surface area contributed by atoms with Gasteiger partial charge in [0, 0.05) is 18.2 Å². The van der Waals surface area contributed by atoms with Crippen LogP contribution in [0.4, 0.5) is 0 Å². The van der Waals surface area contributed by atoms with E-state index in [1.165, 1.54) is 5.56 Å². The molecule has 0 radical (unpaired) electrons. The molecule has 0 fully saturated rings. The fraction of sp³-hybridized carbons (Fsp3) is 0.385. The molecule has 0 aliphatic carbocycles. The first-order valence-corrected chi connectivity index (χ1v) is 7.02. The molecule has 1 aromatic heterocycles. The summed E-state index contributed by atoms with van der Waals surface area (Å²) >= 11 is 1.74. The van der Waals surface area contributed by atoms with Crippen molar-refractivity contribution in [1.82, 2.24) is 10.2 Å². The lowest BCUT2D eigenvalue weighted by Crippen LogP contribution is -1.95. The van der Waals surface area contributed by atoms with Crippen molar-refractivity contribution in [2.24, 2.45) is 0 Å². The Bertz CT molecular complexity index is 499. The van der Waals surface area contributed by atoms with Gasteiger partial charge in [-0.15, -0.1) is 22.0 Å². The van der Waals surface area contributed by atoms with Crippen molar-refractivity contribution >= 4 is 11.8 Å². The van der Waals surface area contributed by atoms with Gasteiger partial charge in [-0.3, -0.25) is 0 Å². The van der Waals surface area contributed by atoms with Crippen molar-refractivity contribution in [3.05, 3.63) is 41.6 Å². The van der Waals surface area contributed by atoms with Crippen LogP contribution in [0, 0.1) is 6.92 Å². The minimum Gasteiger partial charge on any atom is -0.494 e. The van der Waals surface area contributed by atoms with Gasteiger partial charge in [0.15, 0.2) is 0 Å². The molecular weight excluding hydrogens is 248 g/mol. The zero-order valence-corrected chi connectivity index (χ0v) is 11.4. The van der Waals surface area contributed by atoms with Gasteiger partial charge in [0.1, 0.15) is 5.75 Å². The maximum absolute atomic E-state index is 5.58. The lowest BCUT2D eigenvalue weighted by molar-refractivity contribution is 0.337. The van der Waals surface area contributed by atoms with Crippen molar-refractivity contribution in [2.45, 2.75) is 25.4 Å². The number of nitrogens with zero attached hydrogens (tertiary/aromatic N) is 2. The Balaban J connectivity index is 1.89. The molecule has 0 atom stereocenters. The normalized spacial score (nSPS) is 10.6. The van der Waals surface area contributed by atoms with E-state index >= 15 is 0 Å². The summed E-state index contributed by atoms with van der Waals surface area (Å²) < 4.78 is 10.9. The Morgan fingerprint density at radius 3 is 2.78 bits per heavy atom. The molecule has 2 rings (SSSR count). The van der Waals surface area contributed by atoms with E-state index in [9.17, 15) is 0 Å². The standard InChI is InChI=1S/C13H16N2O2S/c1-3-16-12-7-5-4-6-11(12)8-18-9-13-15-14-10(2)17-13/h4-7H,3,8-9H2,1-2H3. The molecule has 4 nitrogen and oxygen atoms in total. The van der Waals surface area contributed by atoms with Gasteiger partial charge < -0.3 is 9.15 Å². The lowest BCUT2D eigenvalue weighted by atomic mass is 10.2. The molecule has 96 valence electrons. The van der Waals surface area contributed by atoms with Gasteiger partial charge in [-0.2, -0.15) is 0 Å². The van der Waals surface area contributed by atoms with E-state index in [4.69, 9.17) is 9.15 Å². The van der Waals surface area contributed by atoms with Crippen molar-refractivity contribution in [3.8, 4) is 5.75 Å². The second-order valence-corrected chi connectivity index (χ2v) is 4.73. The predicted octanol–water partition coefficient (Wildman–Crippen LogP) is 3.21. The number of ether oxygens (including phenoxy) is 1. The summed E-state index contributed by atoms with van der Waals surface area (Å²) in [5.41, 5.74) is 1.19. The second-order valence-electron chi connectivity index (χ2n) is 3.75. The molecule has 1 heterocycles. The van der Waals surface area contributed by atoms with Gasteiger partial charge in [-0.25, -0.2) is 0 Å². The smallest absolute Gasteiger partial charge is 0.226 e. The minimum absolute atomic E-state index is 0.611. The highest BCUT2D eigenvalue weighted by molar-refractivity contribution is 7.97. The van der Waals surface area contributed by atoms with Crippen LogP contribution in [0.2, 0.25) is 0 Å². The molecular formula is C13H16N2O2S. The Morgan fingerprint density at radius 2 is 2.06 bits per heavy atom. The molecule has 0 spiro atoms. The monoisotopic (exact) mass is 264 g/mol. The number of benzene rings is 1. The zero-order chi connectivity index (χ0) is 12.8. The maximum atomic E-state index is 5.58. The molecule has 18 heavy (non-hydrogen) atoms. The number of aryl methyl sites for hydroxylation is 1. The summed E-state index contributed by atoms with van der Waals surface area (Å²) in [5.74, 6) is 3.83. The van der Waals surface area contributed by atoms with E-state index in [1.807, 2.05) is 25.1 Å². The van der Waals surface area contributed by atoms with Crippen LogP contribution in [0.25, 0.3) is 0 Å². The molecule has 0 amide bonds. The number of rotatable bonds is 6. The van der Waals surface area contributed by atoms with Crippen LogP contribution in [0.3, 0.4) is 0 Å². The third kappa shape index (κ3) is 3.50. The molecule has 0 aliphatic rings. The third-order valence-electron chi connectivity index (χ3n) is 2.32. The van der Waals surface area contributed by atoms with Gasteiger partial charge in [-0.05, 0) is 13.0 Å². The highest BCUT2D eigenvalue weighted by atomic mass is 32.2. The maximum Gasteiger partial charge on any atom is 0.226 e. The molecule has 0 aliphatic heterocycles. The van der Waals surface area contributed by atoms with Gasteiger partial charge in [-0.1, -0.05) is 18.2 Å². The van der Waals surface area contributed by atoms with Gasteiger partial charge in [0.25, 0.3) is 0 Å². The zero-order valence-electron chi connectivity index (χ0n) is 10.5. The molecule has 0 unspecified atom stereocenters.